The summed E-state index contributed by atoms with van der Waals surface area (Å²) >= 11 is 0. The van der Waals surface area contributed by atoms with Crippen LogP contribution in [0, 0.1) is 0 Å². The lowest BCUT2D eigenvalue weighted by Gasteiger charge is -2.09. The first-order valence-corrected chi connectivity index (χ1v) is 9.53. The van der Waals surface area contributed by atoms with Crippen molar-refractivity contribution in [1.82, 2.24) is 19.7 Å². The summed E-state index contributed by atoms with van der Waals surface area (Å²) in [5, 5.41) is 7.06. The SMILES string of the molecule is O=c1c2cccc(-c3ccncc3)c2cnn1CCc1ccc2ccccc2n1. The van der Waals surface area contributed by atoms with E-state index >= 15 is 0 Å². The van der Waals surface area contributed by atoms with Gasteiger partial charge in [-0.2, -0.15) is 5.10 Å². The third-order valence-electron chi connectivity index (χ3n) is 5.12. The number of nitrogens with zero attached hydrogens (tertiary/aromatic N) is 4. The molecule has 0 spiro atoms. The van der Waals surface area contributed by atoms with Gasteiger partial charge in [0.05, 0.1) is 23.6 Å². The molecule has 3 aromatic heterocycles. The van der Waals surface area contributed by atoms with Crippen molar-refractivity contribution < 1.29 is 0 Å². The molecule has 3 heterocycles. The molecule has 0 aliphatic heterocycles. The van der Waals surface area contributed by atoms with Crippen LogP contribution in [0.15, 0.2) is 90.1 Å². The van der Waals surface area contributed by atoms with Gasteiger partial charge in [0.1, 0.15) is 0 Å². The second-order valence-corrected chi connectivity index (χ2v) is 6.92. The molecule has 5 rings (SSSR count). The number of benzene rings is 2. The molecule has 5 nitrogen and oxygen atoms in total. The van der Waals surface area contributed by atoms with Gasteiger partial charge >= 0.3 is 0 Å². The molecule has 5 heteroatoms. The van der Waals surface area contributed by atoms with Crippen molar-refractivity contribution in [2.45, 2.75) is 13.0 Å². The highest BCUT2D eigenvalue weighted by Gasteiger charge is 2.09. The lowest BCUT2D eigenvalue weighted by molar-refractivity contribution is 0.580. The van der Waals surface area contributed by atoms with E-state index in [9.17, 15) is 4.79 Å². The maximum Gasteiger partial charge on any atom is 0.274 e. The minimum Gasteiger partial charge on any atom is -0.267 e. The van der Waals surface area contributed by atoms with E-state index in [4.69, 9.17) is 0 Å². The topological polar surface area (TPSA) is 60.7 Å². The number of fused-ring (bicyclic) bond motifs is 2. The predicted molar refractivity (Wildman–Crippen MR) is 115 cm³/mol. The molecule has 0 saturated heterocycles. The molecule has 0 aliphatic carbocycles. The molecule has 2 aromatic carbocycles. The molecule has 5 aromatic rings. The maximum atomic E-state index is 13.0. The fraction of sp³-hybridized carbons (Fsp3) is 0.0833. The summed E-state index contributed by atoms with van der Waals surface area (Å²) in [5.41, 5.74) is 3.83. The van der Waals surface area contributed by atoms with Gasteiger partial charge in [-0.15, -0.1) is 0 Å². The molecular formula is C24H18N4O. The smallest absolute Gasteiger partial charge is 0.267 e. The summed E-state index contributed by atoms with van der Waals surface area (Å²) in [5.74, 6) is 0. The number of aromatic nitrogens is 4. The number of para-hydroxylation sites is 1. The summed E-state index contributed by atoms with van der Waals surface area (Å²) in [6.45, 7) is 0.486. The fourth-order valence-corrected chi connectivity index (χ4v) is 3.62. The van der Waals surface area contributed by atoms with Gasteiger partial charge in [-0.3, -0.25) is 14.8 Å². The maximum absolute atomic E-state index is 13.0. The van der Waals surface area contributed by atoms with Gasteiger partial charge in [-0.05, 0) is 41.5 Å². The van der Waals surface area contributed by atoms with Crippen molar-refractivity contribution in [1.29, 1.82) is 0 Å². The van der Waals surface area contributed by atoms with Crippen LogP contribution in [0.2, 0.25) is 0 Å². The molecule has 0 fully saturated rings. The normalized spacial score (nSPS) is 11.2. The summed E-state index contributed by atoms with van der Waals surface area (Å²) in [7, 11) is 0. The summed E-state index contributed by atoms with van der Waals surface area (Å²) in [4.78, 5) is 21.8. The Morgan fingerprint density at radius 3 is 2.59 bits per heavy atom. The summed E-state index contributed by atoms with van der Waals surface area (Å²) in [6.07, 6.45) is 5.92. The van der Waals surface area contributed by atoms with Gasteiger partial charge in [0.2, 0.25) is 0 Å². The zero-order chi connectivity index (χ0) is 19.6. The monoisotopic (exact) mass is 378 g/mol. The van der Waals surface area contributed by atoms with Gasteiger partial charge in [0.15, 0.2) is 0 Å². The van der Waals surface area contributed by atoms with E-state index in [2.05, 4.69) is 21.1 Å². The first-order chi connectivity index (χ1) is 14.3. The van der Waals surface area contributed by atoms with E-state index in [0.717, 1.165) is 33.1 Å². The van der Waals surface area contributed by atoms with Crippen LogP contribution >= 0.6 is 0 Å². The Morgan fingerprint density at radius 2 is 1.69 bits per heavy atom. The van der Waals surface area contributed by atoms with Crippen LogP contribution in [-0.2, 0) is 13.0 Å². The second kappa shape index (κ2) is 7.28. The Morgan fingerprint density at radius 1 is 0.828 bits per heavy atom. The predicted octanol–water partition coefficient (Wildman–Crippen LogP) is 4.25. The molecule has 0 unspecified atom stereocenters. The molecule has 0 atom stereocenters. The van der Waals surface area contributed by atoms with Crippen molar-refractivity contribution in [3.05, 3.63) is 101 Å². The highest BCUT2D eigenvalue weighted by atomic mass is 16.1. The van der Waals surface area contributed by atoms with Gasteiger partial charge in [0.25, 0.3) is 5.56 Å². The fourth-order valence-electron chi connectivity index (χ4n) is 3.62. The van der Waals surface area contributed by atoms with Gasteiger partial charge < -0.3 is 0 Å². The van der Waals surface area contributed by atoms with Gasteiger partial charge in [-0.25, -0.2) is 4.68 Å². The van der Waals surface area contributed by atoms with E-state index < -0.39 is 0 Å². The Kier molecular flexibility index (Phi) is 4.33. The quantitative estimate of drug-likeness (QED) is 0.469. The van der Waals surface area contributed by atoms with E-state index in [1.54, 1.807) is 18.6 Å². The molecule has 0 N–H and O–H groups in total. The third-order valence-corrected chi connectivity index (χ3v) is 5.12. The van der Waals surface area contributed by atoms with E-state index in [0.29, 0.717) is 18.4 Å². The standard InChI is InChI=1S/C24H18N4O/c29-24-21-6-3-5-20(17-10-13-25-14-11-17)22(21)16-26-28(24)15-12-19-9-8-18-4-1-2-7-23(18)27-19/h1-11,13-14,16H,12,15H2. The van der Waals surface area contributed by atoms with Crippen LogP contribution < -0.4 is 5.56 Å². The first kappa shape index (κ1) is 17.3. The Balaban J connectivity index is 1.48. The molecule has 140 valence electrons. The van der Waals surface area contributed by atoms with E-state index in [1.165, 1.54) is 4.68 Å². The number of hydrogen-bond donors (Lipinski definition) is 0. The minimum atomic E-state index is -0.0841. The zero-order valence-electron chi connectivity index (χ0n) is 15.7. The minimum absolute atomic E-state index is 0.0841. The highest BCUT2D eigenvalue weighted by Crippen LogP contribution is 2.25. The summed E-state index contributed by atoms with van der Waals surface area (Å²) in [6, 6.07) is 21.7. The van der Waals surface area contributed by atoms with Crippen LogP contribution in [0.5, 0.6) is 0 Å². The van der Waals surface area contributed by atoms with Crippen molar-refractivity contribution in [2.24, 2.45) is 0 Å². The number of rotatable bonds is 4. The third kappa shape index (κ3) is 3.27. The average Bonchev–Trinajstić information content (AvgIpc) is 2.79. The number of hydrogen-bond acceptors (Lipinski definition) is 4. The highest BCUT2D eigenvalue weighted by molar-refractivity contribution is 5.95. The molecule has 0 aliphatic rings. The summed E-state index contributed by atoms with van der Waals surface area (Å²) < 4.78 is 1.52. The lowest BCUT2D eigenvalue weighted by Crippen LogP contribution is -2.24. The largest absolute Gasteiger partial charge is 0.274 e. The molecule has 29 heavy (non-hydrogen) atoms. The van der Waals surface area contributed by atoms with Gasteiger partial charge in [0, 0.05) is 35.3 Å². The number of pyridine rings is 2. The van der Waals surface area contributed by atoms with E-state index in [1.807, 2.05) is 60.7 Å². The average molecular weight is 378 g/mol. The molecule has 0 bridgehead atoms. The van der Waals surface area contributed by atoms with Crippen molar-refractivity contribution in [3.63, 3.8) is 0 Å². The first-order valence-electron chi connectivity index (χ1n) is 9.53. The molecular weight excluding hydrogens is 360 g/mol. The number of aryl methyl sites for hydroxylation is 2. The van der Waals surface area contributed by atoms with Gasteiger partial charge in [-0.1, -0.05) is 36.4 Å². The van der Waals surface area contributed by atoms with Crippen molar-refractivity contribution in [3.8, 4) is 11.1 Å². The Bertz CT molecular complexity index is 1380. The van der Waals surface area contributed by atoms with Crippen molar-refractivity contribution in [2.75, 3.05) is 0 Å². The second-order valence-electron chi connectivity index (χ2n) is 6.92. The molecule has 0 amide bonds. The Hall–Kier alpha value is -3.86. The van der Waals surface area contributed by atoms with Crippen LogP contribution in [-0.4, -0.2) is 19.7 Å². The molecule has 0 saturated carbocycles. The van der Waals surface area contributed by atoms with Crippen molar-refractivity contribution >= 4 is 21.7 Å². The van der Waals surface area contributed by atoms with E-state index in [-0.39, 0.29) is 5.56 Å². The van der Waals surface area contributed by atoms with Crippen LogP contribution in [0.4, 0.5) is 0 Å². The lowest BCUT2D eigenvalue weighted by atomic mass is 10.0. The Labute approximate surface area is 167 Å². The zero-order valence-corrected chi connectivity index (χ0v) is 15.7. The molecule has 0 radical (unpaired) electrons. The van der Waals surface area contributed by atoms with Crippen LogP contribution in [0.3, 0.4) is 0 Å². The van der Waals surface area contributed by atoms with Crippen LogP contribution in [0.1, 0.15) is 5.69 Å². The van der Waals surface area contributed by atoms with Crippen LogP contribution in [0.25, 0.3) is 32.8 Å².